The predicted octanol–water partition coefficient (Wildman–Crippen LogP) is 1.85. The number of halogens is 1. The Morgan fingerprint density at radius 1 is 0.850 bits per heavy atom. The molecule has 1 N–H and O–H groups in total. The average Bonchev–Trinajstić information content (AvgIpc) is 2.43. The van der Waals surface area contributed by atoms with Crippen molar-refractivity contribution in [1.29, 1.82) is 0 Å². The molecule has 1 aromatic carbocycles. The van der Waals surface area contributed by atoms with E-state index in [9.17, 15) is 5.11 Å². The molecule has 3 heteroatoms. The van der Waals surface area contributed by atoms with Gasteiger partial charge in [-0.15, -0.1) is 0 Å². The molecule has 0 amide bonds. The van der Waals surface area contributed by atoms with Crippen molar-refractivity contribution in [2.24, 2.45) is 0 Å². The van der Waals surface area contributed by atoms with Gasteiger partial charge in [-0.25, -0.2) is 0 Å². The summed E-state index contributed by atoms with van der Waals surface area (Å²) in [6.07, 6.45) is 11.2. The van der Waals surface area contributed by atoms with Crippen LogP contribution in [0, 0.1) is 0 Å². The lowest BCUT2D eigenvalue weighted by Gasteiger charge is -1.99. The van der Waals surface area contributed by atoms with Gasteiger partial charge in [0, 0.05) is 5.56 Å². The second-order valence-electron chi connectivity index (χ2n) is 5.25. The Hall–Kier alpha value is -0.150. The first-order valence-corrected chi connectivity index (χ1v) is 9.00. The van der Waals surface area contributed by atoms with Crippen molar-refractivity contribution in [3.8, 4) is 5.75 Å². The number of hydrogen-bond acceptors (Lipinski definition) is 1. The lowest BCUT2D eigenvalue weighted by molar-refractivity contribution is -0.00000510. The van der Waals surface area contributed by atoms with Crippen LogP contribution in [0.2, 0.25) is 0 Å². The van der Waals surface area contributed by atoms with Crippen LogP contribution in [-0.2, 0) is 17.5 Å². The molecule has 1 nitrogen and oxygen atoms in total. The van der Waals surface area contributed by atoms with Crippen LogP contribution >= 0.6 is 0 Å². The molecule has 1 aromatic rings. The summed E-state index contributed by atoms with van der Waals surface area (Å²) < 4.78 is 0. The van der Waals surface area contributed by atoms with E-state index in [4.69, 9.17) is 0 Å². The van der Waals surface area contributed by atoms with Gasteiger partial charge in [-0.05, 0) is 36.7 Å². The number of phenols is 1. The van der Waals surface area contributed by atoms with Crippen molar-refractivity contribution >= 4 is 11.8 Å². The molecule has 20 heavy (non-hydrogen) atoms. The van der Waals surface area contributed by atoms with Gasteiger partial charge in [0.15, 0.2) is 0 Å². The molecular formula is C17H29BrOS. The molecule has 0 aromatic heterocycles. The molecule has 0 radical (unpaired) electrons. The van der Waals surface area contributed by atoms with Gasteiger partial charge in [-0.3, -0.25) is 0 Å². The van der Waals surface area contributed by atoms with Crippen molar-refractivity contribution in [1.82, 2.24) is 0 Å². The molecule has 0 unspecified atom stereocenters. The monoisotopic (exact) mass is 360 g/mol. The molecule has 0 bridgehead atoms. The van der Waals surface area contributed by atoms with Crippen molar-refractivity contribution in [2.75, 3.05) is 5.75 Å². The summed E-state index contributed by atoms with van der Waals surface area (Å²) in [5.41, 5.74) is 1.33. The number of thiol groups is 1. The van der Waals surface area contributed by atoms with Gasteiger partial charge >= 0.3 is 0 Å². The van der Waals surface area contributed by atoms with Gasteiger partial charge in [0.2, 0.25) is 0 Å². The summed E-state index contributed by atoms with van der Waals surface area (Å²) in [5, 5.41) is 9.20. The Balaban J connectivity index is 0.00000361. The zero-order valence-corrected chi connectivity index (χ0v) is 15.1. The van der Waals surface area contributed by atoms with E-state index in [1.165, 1.54) is 74.4 Å². The Labute approximate surface area is 139 Å². The average molecular weight is 361 g/mol. The summed E-state index contributed by atoms with van der Waals surface area (Å²) in [6.45, 7) is 2.27. The maximum absolute atomic E-state index is 9.20. The van der Waals surface area contributed by atoms with Crippen molar-refractivity contribution in [3.63, 3.8) is 0 Å². The van der Waals surface area contributed by atoms with Crippen molar-refractivity contribution in [3.05, 3.63) is 29.8 Å². The fourth-order valence-electron chi connectivity index (χ4n) is 2.17. The van der Waals surface area contributed by atoms with Crippen LogP contribution in [0.5, 0.6) is 5.75 Å². The molecule has 0 aliphatic carbocycles. The highest BCUT2D eigenvalue weighted by atomic mass is 79.9. The molecule has 0 saturated heterocycles. The third kappa shape index (κ3) is 10.6. The topological polar surface area (TPSA) is 20.2 Å². The number of hydrogen-bond donors (Lipinski definition) is 1. The largest absolute Gasteiger partial charge is 1.00 e. The number of aromatic hydroxyl groups is 1. The minimum atomic E-state index is 0. The van der Waals surface area contributed by atoms with Crippen LogP contribution in [0.1, 0.15) is 63.9 Å². The van der Waals surface area contributed by atoms with E-state index in [0.717, 1.165) is 5.75 Å². The summed E-state index contributed by atoms with van der Waals surface area (Å²) in [5.74, 6) is 2.80. The quantitative estimate of drug-likeness (QED) is 0.362. The van der Waals surface area contributed by atoms with Gasteiger partial charge < -0.3 is 22.1 Å². The van der Waals surface area contributed by atoms with Crippen molar-refractivity contribution in [2.45, 2.75) is 64.0 Å². The van der Waals surface area contributed by atoms with E-state index in [0.29, 0.717) is 5.75 Å². The molecule has 0 aliphatic heterocycles. The summed E-state index contributed by atoms with van der Waals surface area (Å²) in [7, 11) is 0. The van der Waals surface area contributed by atoms with Crippen LogP contribution in [0.25, 0.3) is 0 Å². The SMILES string of the molecule is CCCCCCCCCC[SH+]Cc1ccc(O)cc1.[Br-]. The first kappa shape index (κ1) is 19.9. The molecule has 0 heterocycles. The predicted molar refractivity (Wildman–Crippen MR) is 88.0 cm³/mol. The zero-order chi connectivity index (χ0) is 13.8. The first-order valence-electron chi connectivity index (χ1n) is 7.74. The molecule has 0 fully saturated rings. The third-order valence-electron chi connectivity index (χ3n) is 3.40. The van der Waals surface area contributed by atoms with E-state index in [1.807, 2.05) is 12.1 Å². The van der Waals surface area contributed by atoms with Crippen LogP contribution in [-0.4, -0.2) is 10.9 Å². The van der Waals surface area contributed by atoms with Gasteiger partial charge in [-0.1, -0.05) is 57.6 Å². The van der Waals surface area contributed by atoms with E-state index in [1.54, 1.807) is 12.1 Å². The number of unbranched alkanes of at least 4 members (excludes halogenated alkanes) is 7. The fraction of sp³-hybridized carbons (Fsp3) is 0.647. The van der Waals surface area contributed by atoms with E-state index in [-0.39, 0.29) is 17.0 Å². The first-order chi connectivity index (χ1) is 9.33. The van der Waals surface area contributed by atoms with Gasteiger partial charge in [-0.2, -0.15) is 0 Å². The number of rotatable bonds is 11. The Morgan fingerprint density at radius 3 is 2.00 bits per heavy atom. The lowest BCUT2D eigenvalue weighted by Crippen LogP contribution is -3.00. The maximum atomic E-state index is 9.20. The molecule has 0 aliphatic rings. The fourth-order valence-corrected chi connectivity index (χ4v) is 3.24. The minimum absolute atomic E-state index is 0. The maximum Gasteiger partial charge on any atom is 0.130 e. The lowest BCUT2D eigenvalue weighted by atomic mass is 10.1. The smallest absolute Gasteiger partial charge is 0.130 e. The zero-order valence-electron chi connectivity index (χ0n) is 12.7. The number of phenolic OH excluding ortho intramolecular Hbond substituents is 1. The van der Waals surface area contributed by atoms with Crippen LogP contribution < -0.4 is 17.0 Å². The molecule has 0 atom stereocenters. The Bertz CT molecular complexity index is 313. The van der Waals surface area contributed by atoms with Gasteiger partial charge in [0.1, 0.15) is 17.3 Å². The van der Waals surface area contributed by atoms with E-state index < -0.39 is 0 Å². The van der Waals surface area contributed by atoms with Crippen LogP contribution in [0.15, 0.2) is 24.3 Å². The van der Waals surface area contributed by atoms with E-state index >= 15 is 0 Å². The van der Waals surface area contributed by atoms with Crippen LogP contribution in [0.3, 0.4) is 0 Å². The highest BCUT2D eigenvalue weighted by Gasteiger charge is 2.01. The Morgan fingerprint density at radius 2 is 1.40 bits per heavy atom. The molecule has 116 valence electrons. The van der Waals surface area contributed by atoms with E-state index in [2.05, 4.69) is 6.92 Å². The third-order valence-corrected chi connectivity index (χ3v) is 4.62. The molecule has 1 rings (SSSR count). The van der Waals surface area contributed by atoms with Crippen LogP contribution in [0.4, 0.5) is 0 Å². The van der Waals surface area contributed by atoms with Gasteiger partial charge in [0.05, 0.1) is 0 Å². The minimum Gasteiger partial charge on any atom is -1.00 e. The molecule has 0 saturated carbocycles. The normalized spacial score (nSPS) is 10.2. The molecule has 0 spiro atoms. The second-order valence-corrected chi connectivity index (χ2v) is 6.46. The summed E-state index contributed by atoms with van der Waals surface area (Å²) >= 11 is 1.52. The summed E-state index contributed by atoms with van der Waals surface area (Å²) in [4.78, 5) is 0. The van der Waals surface area contributed by atoms with Crippen molar-refractivity contribution < 1.29 is 22.1 Å². The molecular weight excluding hydrogens is 332 g/mol. The standard InChI is InChI=1S/C17H28OS.BrH/c1-2-3-4-5-6-7-8-9-14-19-15-16-10-12-17(18)13-11-16;/h10-13,18H,2-9,14-15H2,1H3;1H. The van der Waals surface area contributed by atoms with Gasteiger partial charge in [0.25, 0.3) is 0 Å². The summed E-state index contributed by atoms with van der Waals surface area (Å²) in [6, 6.07) is 7.61. The number of benzene rings is 1. The highest BCUT2D eigenvalue weighted by Crippen LogP contribution is 2.11. The second kappa shape index (κ2) is 13.8. The highest BCUT2D eigenvalue weighted by molar-refractivity contribution is 7.77. The Kier molecular flexibility index (Phi) is 13.7.